The van der Waals surface area contributed by atoms with Crippen molar-refractivity contribution in [2.24, 2.45) is 0 Å². The Bertz CT molecular complexity index is 269. The van der Waals surface area contributed by atoms with Crippen molar-refractivity contribution >= 4 is 18.3 Å². The van der Waals surface area contributed by atoms with Gasteiger partial charge in [-0.05, 0) is 6.92 Å². The molecule has 0 atom stereocenters. The molecule has 0 aromatic rings. The standard InChI is InChI=1S/C8H11N3O3/c1-3-4-11(7(2)9)8(13)10-5-14-6-12/h1,6,9H,4-5H2,2H3,(H,10,13). The SMILES string of the molecule is C#CCN(C(C)=N)C(=O)NCOC=O. The van der Waals surface area contributed by atoms with Crippen molar-refractivity contribution in [1.82, 2.24) is 10.2 Å². The van der Waals surface area contributed by atoms with Crippen LogP contribution in [0, 0.1) is 17.8 Å². The second kappa shape index (κ2) is 6.48. The Morgan fingerprint density at radius 3 is 2.86 bits per heavy atom. The molecule has 2 N–H and O–H groups in total. The van der Waals surface area contributed by atoms with Crippen LogP contribution in [0.3, 0.4) is 0 Å². The predicted molar refractivity (Wildman–Crippen MR) is 49.5 cm³/mol. The van der Waals surface area contributed by atoms with Gasteiger partial charge in [0.2, 0.25) is 0 Å². The van der Waals surface area contributed by atoms with Gasteiger partial charge in [0.1, 0.15) is 5.84 Å². The zero-order valence-corrected chi connectivity index (χ0v) is 7.74. The van der Waals surface area contributed by atoms with Crippen LogP contribution in [0.5, 0.6) is 0 Å². The van der Waals surface area contributed by atoms with Crippen LogP contribution in [-0.2, 0) is 9.53 Å². The summed E-state index contributed by atoms with van der Waals surface area (Å²) in [5.74, 6) is 2.25. The van der Waals surface area contributed by atoms with Gasteiger partial charge in [-0.2, -0.15) is 0 Å². The summed E-state index contributed by atoms with van der Waals surface area (Å²) in [6, 6.07) is -0.572. The number of carbonyl (C=O) groups is 2. The minimum atomic E-state index is -0.572. The second-order valence-electron chi connectivity index (χ2n) is 2.26. The fourth-order valence-electron chi connectivity index (χ4n) is 0.667. The maximum Gasteiger partial charge on any atom is 0.326 e. The van der Waals surface area contributed by atoms with Gasteiger partial charge in [0.25, 0.3) is 6.47 Å². The van der Waals surface area contributed by atoms with E-state index in [2.05, 4.69) is 16.0 Å². The quantitative estimate of drug-likeness (QED) is 0.163. The zero-order valence-electron chi connectivity index (χ0n) is 7.74. The average Bonchev–Trinajstić information content (AvgIpc) is 2.13. The first-order chi connectivity index (χ1) is 6.63. The molecular weight excluding hydrogens is 186 g/mol. The molecule has 0 aliphatic heterocycles. The Morgan fingerprint density at radius 2 is 2.43 bits per heavy atom. The summed E-state index contributed by atoms with van der Waals surface area (Å²) in [6.45, 7) is 1.40. The number of rotatable bonds is 4. The van der Waals surface area contributed by atoms with E-state index in [-0.39, 0.29) is 25.6 Å². The van der Waals surface area contributed by atoms with Crippen LogP contribution in [0.2, 0.25) is 0 Å². The van der Waals surface area contributed by atoms with Gasteiger partial charge in [0.05, 0.1) is 6.54 Å². The van der Waals surface area contributed by atoms with Gasteiger partial charge in [0.15, 0.2) is 6.73 Å². The lowest BCUT2D eigenvalue weighted by Crippen LogP contribution is -2.43. The molecule has 6 heteroatoms. The highest BCUT2D eigenvalue weighted by Crippen LogP contribution is 1.89. The van der Waals surface area contributed by atoms with Crippen molar-refractivity contribution in [3.8, 4) is 12.3 Å². The van der Waals surface area contributed by atoms with Gasteiger partial charge in [0, 0.05) is 0 Å². The molecule has 0 aromatic heterocycles. The third-order valence-electron chi connectivity index (χ3n) is 1.27. The molecule has 0 spiro atoms. The Kier molecular flexibility index (Phi) is 5.54. The molecule has 0 bridgehead atoms. The number of ether oxygens (including phenoxy) is 1. The van der Waals surface area contributed by atoms with Crippen molar-refractivity contribution in [3.63, 3.8) is 0 Å². The van der Waals surface area contributed by atoms with E-state index in [9.17, 15) is 9.59 Å². The molecule has 0 aliphatic rings. The summed E-state index contributed by atoms with van der Waals surface area (Å²) >= 11 is 0. The van der Waals surface area contributed by atoms with Gasteiger partial charge in [-0.3, -0.25) is 15.1 Å². The Morgan fingerprint density at radius 1 is 1.79 bits per heavy atom. The van der Waals surface area contributed by atoms with E-state index in [4.69, 9.17) is 11.8 Å². The van der Waals surface area contributed by atoms with Crippen LogP contribution in [0.4, 0.5) is 4.79 Å². The molecule has 2 amide bonds. The summed E-state index contributed by atoms with van der Waals surface area (Å²) in [4.78, 5) is 22.0. The van der Waals surface area contributed by atoms with Crippen molar-refractivity contribution < 1.29 is 14.3 Å². The number of nitrogens with zero attached hydrogens (tertiary/aromatic N) is 1. The number of nitrogens with one attached hydrogen (secondary N) is 2. The number of carbonyl (C=O) groups excluding carboxylic acids is 2. The first-order valence-corrected chi connectivity index (χ1v) is 3.72. The van der Waals surface area contributed by atoms with Gasteiger partial charge in [-0.25, -0.2) is 4.79 Å². The number of urea groups is 1. The minimum absolute atomic E-state index is 0.00224. The third kappa shape index (κ3) is 4.11. The van der Waals surface area contributed by atoms with E-state index >= 15 is 0 Å². The minimum Gasteiger partial charge on any atom is -0.447 e. The largest absolute Gasteiger partial charge is 0.447 e. The highest BCUT2D eigenvalue weighted by atomic mass is 16.5. The second-order valence-corrected chi connectivity index (χ2v) is 2.26. The molecule has 0 unspecified atom stereocenters. The molecule has 76 valence electrons. The number of terminal acetylenes is 1. The molecule has 0 fully saturated rings. The number of amides is 2. The van der Waals surface area contributed by atoms with E-state index in [1.165, 1.54) is 6.92 Å². The van der Waals surface area contributed by atoms with Crippen molar-refractivity contribution in [3.05, 3.63) is 0 Å². The molecule has 14 heavy (non-hydrogen) atoms. The Hall–Kier alpha value is -2.03. The van der Waals surface area contributed by atoms with E-state index in [1.807, 2.05) is 0 Å². The molecule has 0 rings (SSSR count). The van der Waals surface area contributed by atoms with Crippen molar-refractivity contribution in [2.75, 3.05) is 13.3 Å². The molecule has 0 saturated carbocycles. The first kappa shape index (κ1) is 12.0. The average molecular weight is 197 g/mol. The van der Waals surface area contributed by atoms with Gasteiger partial charge >= 0.3 is 6.03 Å². The van der Waals surface area contributed by atoms with Gasteiger partial charge < -0.3 is 10.1 Å². The van der Waals surface area contributed by atoms with Crippen LogP contribution < -0.4 is 5.32 Å². The van der Waals surface area contributed by atoms with E-state index in [0.29, 0.717) is 0 Å². The van der Waals surface area contributed by atoms with Gasteiger partial charge in [-0.1, -0.05) is 5.92 Å². The highest BCUT2D eigenvalue weighted by molar-refractivity contribution is 5.94. The number of hydrogen-bond donors (Lipinski definition) is 2. The topological polar surface area (TPSA) is 82.5 Å². The summed E-state index contributed by atoms with van der Waals surface area (Å²) in [7, 11) is 0. The lowest BCUT2D eigenvalue weighted by Gasteiger charge is -2.18. The van der Waals surface area contributed by atoms with Crippen LogP contribution in [0.15, 0.2) is 0 Å². The van der Waals surface area contributed by atoms with Crippen LogP contribution in [-0.4, -0.2) is 36.5 Å². The summed E-state index contributed by atoms with van der Waals surface area (Å²) in [5, 5.41) is 9.47. The van der Waals surface area contributed by atoms with Crippen LogP contribution in [0.1, 0.15) is 6.92 Å². The fourth-order valence-corrected chi connectivity index (χ4v) is 0.667. The predicted octanol–water partition coefficient (Wildman–Crippen LogP) is -0.241. The number of hydrogen-bond acceptors (Lipinski definition) is 4. The molecule has 6 nitrogen and oxygen atoms in total. The summed E-state index contributed by atoms with van der Waals surface area (Å²) in [6.07, 6.45) is 5.00. The first-order valence-electron chi connectivity index (χ1n) is 3.72. The van der Waals surface area contributed by atoms with Crippen LogP contribution >= 0.6 is 0 Å². The molecular formula is C8H11N3O3. The lowest BCUT2D eigenvalue weighted by molar-refractivity contribution is -0.129. The zero-order chi connectivity index (χ0) is 11.0. The van der Waals surface area contributed by atoms with Crippen molar-refractivity contribution in [2.45, 2.75) is 6.92 Å². The van der Waals surface area contributed by atoms with Gasteiger partial charge in [-0.15, -0.1) is 6.42 Å². The molecule has 0 saturated heterocycles. The maximum absolute atomic E-state index is 11.2. The van der Waals surface area contributed by atoms with Crippen molar-refractivity contribution in [1.29, 1.82) is 5.41 Å². The molecule has 0 aromatic carbocycles. The molecule has 0 aliphatic carbocycles. The van der Waals surface area contributed by atoms with Crippen LogP contribution in [0.25, 0.3) is 0 Å². The van der Waals surface area contributed by atoms with E-state index < -0.39 is 6.03 Å². The normalized spacial score (nSPS) is 8.29. The fraction of sp³-hybridized carbons (Fsp3) is 0.375. The molecule has 0 radical (unpaired) electrons. The van der Waals surface area contributed by atoms with E-state index in [1.54, 1.807) is 0 Å². The maximum atomic E-state index is 11.2. The summed E-state index contributed by atoms with van der Waals surface area (Å²) < 4.78 is 4.25. The Labute approximate surface area is 81.7 Å². The highest BCUT2D eigenvalue weighted by Gasteiger charge is 2.13. The lowest BCUT2D eigenvalue weighted by atomic mass is 10.5. The third-order valence-corrected chi connectivity index (χ3v) is 1.27. The summed E-state index contributed by atoms with van der Waals surface area (Å²) in [5.41, 5.74) is 0. The monoisotopic (exact) mass is 197 g/mol. The molecule has 0 heterocycles. The van der Waals surface area contributed by atoms with E-state index in [0.717, 1.165) is 4.90 Å². The smallest absolute Gasteiger partial charge is 0.326 e. The Balaban J connectivity index is 4.10. The number of amidine groups is 1.